The molecule has 2 rings (SSSR count). The van der Waals surface area contributed by atoms with Gasteiger partial charge in [0.2, 0.25) is 15.9 Å². The van der Waals surface area contributed by atoms with E-state index in [9.17, 15) is 36.0 Å². The fourth-order valence-electron chi connectivity index (χ4n) is 2.14. The maximum atomic E-state index is 13.5. The summed E-state index contributed by atoms with van der Waals surface area (Å²) >= 11 is 0.885. The van der Waals surface area contributed by atoms with Crippen LogP contribution >= 0.6 is 11.3 Å². The zero-order valence-electron chi connectivity index (χ0n) is 16.0. The summed E-state index contributed by atoms with van der Waals surface area (Å²) in [5.41, 5.74) is -0.640. The van der Waals surface area contributed by atoms with Gasteiger partial charge < -0.3 is 15.4 Å². The van der Waals surface area contributed by atoms with Crippen LogP contribution in [0.1, 0.15) is 16.6 Å². The third-order valence-electron chi connectivity index (χ3n) is 3.53. The first-order chi connectivity index (χ1) is 14.4. The van der Waals surface area contributed by atoms with Crippen LogP contribution in [0.2, 0.25) is 0 Å². The Bertz CT molecular complexity index is 1120. The van der Waals surface area contributed by atoms with E-state index in [0.29, 0.717) is 6.07 Å². The van der Waals surface area contributed by atoms with Crippen molar-refractivity contribution in [3.05, 3.63) is 45.9 Å². The highest BCUT2D eigenvalue weighted by molar-refractivity contribution is 7.92. The van der Waals surface area contributed by atoms with Gasteiger partial charge in [0.1, 0.15) is 4.88 Å². The van der Waals surface area contributed by atoms with Crippen LogP contribution in [0.4, 0.5) is 24.5 Å². The molecule has 0 bridgehead atoms. The van der Waals surface area contributed by atoms with Gasteiger partial charge in [-0.15, -0.1) is 11.3 Å². The van der Waals surface area contributed by atoms with Gasteiger partial charge in [0.15, 0.2) is 23.6 Å². The molecule has 1 heterocycles. The van der Waals surface area contributed by atoms with E-state index in [1.165, 1.54) is 18.4 Å². The average molecular weight is 479 g/mol. The molecule has 14 heteroatoms. The molecule has 168 valence electrons. The molecule has 0 radical (unpaired) electrons. The molecule has 0 aliphatic carbocycles. The molecular weight excluding hydrogens is 463 g/mol. The minimum atomic E-state index is -3.65. The van der Waals surface area contributed by atoms with Gasteiger partial charge in [0.25, 0.3) is 5.91 Å². The monoisotopic (exact) mass is 479 g/mol. The van der Waals surface area contributed by atoms with Crippen molar-refractivity contribution in [2.75, 3.05) is 22.8 Å². The van der Waals surface area contributed by atoms with E-state index in [0.717, 1.165) is 23.7 Å². The van der Waals surface area contributed by atoms with Gasteiger partial charge in [-0.2, -0.15) is 0 Å². The average Bonchev–Trinajstić information content (AvgIpc) is 3.12. The number of ether oxygens (including phenoxy) is 1. The Balaban J connectivity index is 1.90. The molecular formula is C17H16F3N3O6S2. The summed E-state index contributed by atoms with van der Waals surface area (Å²) in [5, 5.41) is 5.52. The van der Waals surface area contributed by atoms with Crippen molar-refractivity contribution in [2.45, 2.75) is 13.0 Å². The normalized spacial score (nSPS) is 12.0. The van der Waals surface area contributed by atoms with Crippen LogP contribution in [-0.2, 0) is 24.3 Å². The van der Waals surface area contributed by atoms with Gasteiger partial charge in [0.05, 0.1) is 24.2 Å². The topological polar surface area (TPSA) is 131 Å². The van der Waals surface area contributed by atoms with Crippen LogP contribution in [0.5, 0.6) is 0 Å². The Morgan fingerprint density at radius 1 is 1.10 bits per heavy atom. The second kappa shape index (κ2) is 9.78. The van der Waals surface area contributed by atoms with Crippen molar-refractivity contribution in [1.82, 2.24) is 5.32 Å². The molecule has 0 spiro atoms. The molecule has 2 aromatic rings. The fourth-order valence-corrected chi connectivity index (χ4v) is 3.51. The van der Waals surface area contributed by atoms with E-state index in [4.69, 9.17) is 4.74 Å². The molecule has 31 heavy (non-hydrogen) atoms. The molecule has 0 aliphatic rings. The number of esters is 1. The number of halogens is 3. The molecule has 1 aromatic carbocycles. The highest BCUT2D eigenvalue weighted by atomic mass is 32.2. The van der Waals surface area contributed by atoms with Gasteiger partial charge >= 0.3 is 5.97 Å². The van der Waals surface area contributed by atoms with E-state index in [2.05, 4.69) is 10.0 Å². The molecule has 2 amide bonds. The summed E-state index contributed by atoms with van der Waals surface area (Å²) in [6, 6.07) is 2.77. The van der Waals surface area contributed by atoms with Crippen LogP contribution in [0.3, 0.4) is 0 Å². The number of hydrogen-bond acceptors (Lipinski definition) is 7. The van der Waals surface area contributed by atoms with Crippen molar-refractivity contribution in [2.24, 2.45) is 0 Å². The Kier molecular flexibility index (Phi) is 7.62. The van der Waals surface area contributed by atoms with E-state index < -0.39 is 63.6 Å². The number of carbonyl (C=O) groups excluding carboxylic acids is 3. The predicted octanol–water partition coefficient (Wildman–Crippen LogP) is 1.84. The third kappa shape index (κ3) is 6.68. The van der Waals surface area contributed by atoms with Gasteiger partial charge in [-0.05, 0) is 30.5 Å². The van der Waals surface area contributed by atoms with Crippen LogP contribution in [0.25, 0.3) is 0 Å². The summed E-state index contributed by atoms with van der Waals surface area (Å²) < 4.78 is 69.3. The second-order valence-electron chi connectivity index (χ2n) is 6.07. The first-order valence-corrected chi connectivity index (χ1v) is 11.1. The maximum absolute atomic E-state index is 13.5. The van der Waals surface area contributed by atoms with Crippen molar-refractivity contribution < 1.29 is 40.7 Å². The Morgan fingerprint density at radius 3 is 2.42 bits per heavy atom. The fraction of sp³-hybridized carbons (Fsp3) is 0.235. The summed E-state index contributed by atoms with van der Waals surface area (Å²) in [5.74, 6) is -7.60. The number of anilines is 2. The predicted molar refractivity (Wildman–Crippen MR) is 106 cm³/mol. The van der Waals surface area contributed by atoms with E-state index in [1.54, 1.807) is 0 Å². The summed E-state index contributed by atoms with van der Waals surface area (Å²) in [6.07, 6.45) is -0.471. The number of nitrogens with one attached hydrogen (secondary N) is 3. The lowest BCUT2D eigenvalue weighted by Crippen LogP contribution is -2.40. The quantitative estimate of drug-likeness (QED) is 0.391. The molecule has 0 fully saturated rings. The maximum Gasteiger partial charge on any atom is 0.351 e. The molecule has 0 aliphatic heterocycles. The highest BCUT2D eigenvalue weighted by Crippen LogP contribution is 2.24. The van der Waals surface area contributed by atoms with E-state index in [1.807, 2.05) is 5.32 Å². The summed E-state index contributed by atoms with van der Waals surface area (Å²) in [4.78, 5) is 35.9. The largest absolute Gasteiger partial charge is 0.448 e. The molecule has 0 saturated heterocycles. The molecule has 1 atom stereocenters. The lowest BCUT2D eigenvalue weighted by atomic mass is 10.2. The summed E-state index contributed by atoms with van der Waals surface area (Å²) in [6.45, 7) is 0.524. The number of benzene rings is 1. The van der Waals surface area contributed by atoms with Gasteiger partial charge in [0, 0.05) is 0 Å². The summed E-state index contributed by atoms with van der Waals surface area (Å²) in [7, 11) is -3.65. The first kappa shape index (κ1) is 24.1. The molecule has 1 aromatic heterocycles. The molecule has 3 N–H and O–H groups in total. The Hall–Kier alpha value is -3.13. The minimum Gasteiger partial charge on any atom is -0.448 e. The van der Waals surface area contributed by atoms with Gasteiger partial charge in [-0.1, -0.05) is 0 Å². The number of hydrogen-bond donors (Lipinski definition) is 3. The first-order valence-electron chi connectivity index (χ1n) is 8.36. The molecule has 0 saturated carbocycles. The number of carbonyl (C=O) groups is 3. The van der Waals surface area contributed by atoms with Crippen molar-refractivity contribution >= 4 is 50.5 Å². The molecule has 9 nitrogen and oxygen atoms in total. The standard InChI is InChI=1S/C17H16F3N3O6S2/c1-8(29-17(26)15-11(5-6-30-15)23-31(2,27)28)16(25)21-7-12(24)22-10-4-3-9(18)13(19)14(10)20/h3-6,8,23H,7H2,1-2H3,(H,21,25)(H,22,24). The van der Waals surface area contributed by atoms with E-state index >= 15 is 0 Å². The zero-order valence-corrected chi connectivity index (χ0v) is 17.6. The van der Waals surface area contributed by atoms with Crippen LogP contribution in [-0.4, -0.2) is 45.1 Å². The highest BCUT2D eigenvalue weighted by Gasteiger charge is 2.23. The van der Waals surface area contributed by atoms with Crippen LogP contribution < -0.4 is 15.4 Å². The SMILES string of the molecule is CC(OC(=O)c1sccc1NS(C)(=O)=O)C(=O)NCC(=O)Nc1ccc(F)c(F)c1F. The van der Waals surface area contributed by atoms with Crippen molar-refractivity contribution in [3.8, 4) is 0 Å². The number of sulfonamides is 1. The molecule has 1 unspecified atom stereocenters. The van der Waals surface area contributed by atoms with Crippen LogP contribution in [0.15, 0.2) is 23.6 Å². The van der Waals surface area contributed by atoms with Crippen molar-refractivity contribution in [3.63, 3.8) is 0 Å². The smallest absolute Gasteiger partial charge is 0.351 e. The van der Waals surface area contributed by atoms with Gasteiger partial charge in [-0.3, -0.25) is 14.3 Å². The number of amides is 2. The number of thiophene rings is 1. The lowest BCUT2D eigenvalue weighted by molar-refractivity contribution is -0.130. The lowest BCUT2D eigenvalue weighted by Gasteiger charge is -2.14. The zero-order chi connectivity index (χ0) is 23.3. The Morgan fingerprint density at radius 2 is 1.77 bits per heavy atom. The van der Waals surface area contributed by atoms with Gasteiger partial charge in [-0.25, -0.2) is 26.4 Å². The number of rotatable bonds is 8. The van der Waals surface area contributed by atoms with E-state index in [-0.39, 0.29) is 10.6 Å². The van der Waals surface area contributed by atoms with Crippen LogP contribution in [0, 0.1) is 17.5 Å². The Labute approximate surface area is 178 Å². The minimum absolute atomic E-state index is 0.0157. The second-order valence-corrected chi connectivity index (χ2v) is 8.74. The van der Waals surface area contributed by atoms with Crippen molar-refractivity contribution in [1.29, 1.82) is 0 Å². The third-order valence-corrected chi connectivity index (χ3v) is 5.02.